The van der Waals surface area contributed by atoms with Crippen molar-refractivity contribution in [3.63, 3.8) is 0 Å². The van der Waals surface area contributed by atoms with Crippen LogP contribution in [0.4, 0.5) is 5.69 Å². The van der Waals surface area contributed by atoms with Gasteiger partial charge >= 0.3 is 11.8 Å². The zero-order chi connectivity index (χ0) is 18.5. The number of amides is 2. The van der Waals surface area contributed by atoms with Gasteiger partial charge in [-0.3, -0.25) is 9.59 Å². The summed E-state index contributed by atoms with van der Waals surface area (Å²) < 4.78 is 0. The molecule has 130 valence electrons. The van der Waals surface area contributed by atoms with Crippen molar-refractivity contribution < 1.29 is 9.59 Å². The molecule has 0 atom stereocenters. The second-order valence-electron chi connectivity index (χ2n) is 5.38. The van der Waals surface area contributed by atoms with E-state index in [0.29, 0.717) is 21.3 Å². The van der Waals surface area contributed by atoms with E-state index in [1.807, 2.05) is 30.3 Å². The molecule has 2 N–H and O–H groups in total. The largest absolute Gasteiger partial charge is 0.329 e. The summed E-state index contributed by atoms with van der Waals surface area (Å²) in [4.78, 5) is 23.8. The molecule has 0 saturated heterocycles. The lowest BCUT2D eigenvalue weighted by Crippen LogP contribution is -2.32. The van der Waals surface area contributed by atoms with Gasteiger partial charge in [0.05, 0.1) is 11.2 Å². The Bertz CT molecular complexity index is 1020. The van der Waals surface area contributed by atoms with Gasteiger partial charge in [-0.2, -0.15) is 5.10 Å². The van der Waals surface area contributed by atoms with E-state index in [1.54, 1.807) is 30.3 Å². The quantitative estimate of drug-likeness (QED) is 0.402. The van der Waals surface area contributed by atoms with E-state index >= 15 is 0 Å². The molecule has 5 nitrogen and oxygen atoms in total. The minimum Gasteiger partial charge on any atom is -0.318 e. The topological polar surface area (TPSA) is 70.6 Å². The van der Waals surface area contributed by atoms with E-state index in [4.69, 9.17) is 23.2 Å². The Kier molecular flexibility index (Phi) is 5.51. The Labute approximate surface area is 159 Å². The number of carbonyl (C=O) groups excluding carboxylic acids is 2. The van der Waals surface area contributed by atoms with Gasteiger partial charge in [0.25, 0.3) is 0 Å². The number of nitrogens with zero attached hydrogens (tertiary/aromatic N) is 1. The van der Waals surface area contributed by atoms with Crippen molar-refractivity contribution in [1.82, 2.24) is 5.43 Å². The first kappa shape index (κ1) is 17.9. The van der Waals surface area contributed by atoms with E-state index in [2.05, 4.69) is 15.8 Å². The van der Waals surface area contributed by atoms with Gasteiger partial charge < -0.3 is 5.32 Å². The molecular weight excluding hydrogens is 373 g/mol. The van der Waals surface area contributed by atoms with E-state index in [9.17, 15) is 9.59 Å². The van der Waals surface area contributed by atoms with Crippen LogP contribution in [0.3, 0.4) is 0 Å². The SMILES string of the molecule is O=C(N/N=C/c1ccc(Cl)cc1Cl)C(=O)Nc1ccc2ccccc2c1. The molecular formula is C19H13Cl2N3O2. The van der Waals surface area contributed by atoms with Crippen molar-refractivity contribution in [2.75, 3.05) is 5.32 Å². The number of hydrazone groups is 1. The Hall–Kier alpha value is -2.89. The van der Waals surface area contributed by atoms with Gasteiger partial charge in [0, 0.05) is 16.3 Å². The van der Waals surface area contributed by atoms with Crippen LogP contribution in [0.2, 0.25) is 10.0 Å². The number of anilines is 1. The highest BCUT2D eigenvalue weighted by molar-refractivity contribution is 6.39. The summed E-state index contributed by atoms with van der Waals surface area (Å²) in [7, 11) is 0. The lowest BCUT2D eigenvalue weighted by atomic mass is 10.1. The van der Waals surface area contributed by atoms with Gasteiger partial charge in [-0.15, -0.1) is 0 Å². The molecule has 3 aromatic carbocycles. The summed E-state index contributed by atoms with van der Waals surface area (Å²) in [5.41, 5.74) is 3.24. The first-order valence-corrected chi connectivity index (χ1v) is 8.37. The van der Waals surface area contributed by atoms with Crippen LogP contribution in [-0.4, -0.2) is 18.0 Å². The Balaban J connectivity index is 1.62. The maximum absolute atomic E-state index is 12.0. The average molecular weight is 386 g/mol. The number of hydrogen-bond donors (Lipinski definition) is 2. The normalized spacial score (nSPS) is 10.8. The molecule has 0 aliphatic rings. The molecule has 0 unspecified atom stereocenters. The molecule has 2 amide bonds. The van der Waals surface area contributed by atoms with Crippen LogP contribution in [0.25, 0.3) is 10.8 Å². The number of benzene rings is 3. The molecule has 7 heteroatoms. The van der Waals surface area contributed by atoms with Crippen molar-refractivity contribution in [3.8, 4) is 0 Å². The fourth-order valence-electron chi connectivity index (χ4n) is 2.27. The predicted molar refractivity (Wildman–Crippen MR) is 105 cm³/mol. The van der Waals surface area contributed by atoms with Crippen LogP contribution in [0.15, 0.2) is 65.8 Å². The van der Waals surface area contributed by atoms with E-state index in [-0.39, 0.29) is 0 Å². The molecule has 0 spiro atoms. The molecule has 0 bridgehead atoms. The molecule has 0 aromatic heterocycles. The standard InChI is InChI=1S/C19H13Cl2N3O2/c20-15-7-5-14(17(21)10-15)11-22-24-19(26)18(25)23-16-8-6-12-3-1-2-4-13(12)9-16/h1-11H,(H,23,25)(H,24,26)/b22-11+. The Morgan fingerprint density at radius 3 is 2.42 bits per heavy atom. The van der Waals surface area contributed by atoms with Crippen LogP contribution in [0.1, 0.15) is 5.56 Å². The number of rotatable bonds is 3. The highest BCUT2D eigenvalue weighted by Crippen LogP contribution is 2.20. The molecule has 0 aliphatic heterocycles. The van der Waals surface area contributed by atoms with Gasteiger partial charge in [0.1, 0.15) is 0 Å². The highest BCUT2D eigenvalue weighted by Gasteiger charge is 2.13. The van der Waals surface area contributed by atoms with Crippen molar-refractivity contribution in [2.24, 2.45) is 5.10 Å². The summed E-state index contributed by atoms with van der Waals surface area (Å²) in [6, 6.07) is 17.9. The molecule has 0 heterocycles. The van der Waals surface area contributed by atoms with Gasteiger partial charge in [-0.25, -0.2) is 5.43 Å². The van der Waals surface area contributed by atoms with Gasteiger partial charge in [-0.1, -0.05) is 59.6 Å². The minimum atomic E-state index is -0.889. The predicted octanol–water partition coefficient (Wildman–Crippen LogP) is 4.24. The molecule has 3 aromatic rings. The zero-order valence-corrected chi connectivity index (χ0v) is 14.9. The van der Waals surface area contributed by atoms with Crippen molar-refractivity contribution in [3.05, 3.63) is 76.3 Å². The molecule has 26 heavy (non-hydrogen) atoms. The molecule has 0 fully saturated rings. The Morgan fingerprint density at radius 1 is 0.885 bits per heavy atom. The monoisotopic (exact) mass is 385 g/mol. The molecule has 0 saturated carbocycles. The van der Waals surface area contributed by atoms with Gasteiger partial charge in [-0.05, 0) is 35.0 Å². The first-order chi connectivity index (χ1) is 12.5. The Morgan fingerprint density at radius 2 is 1.65 bits per heavy atom. The maximum Gasteiger partial charge on any atom is 0.329 e. The van der Waals surface area contributed by atoms with Crippen LogP contribution >= 0.6 is 23.2 Å². The van der Waals surface area contributed by atoms with E-state index in [1.165, 1.54) is 6.21 Å². The highest BCUT2D eigenvalue weighted by atomic mass is 35.5. The zero-order valence-electron chi connectivity index (χ0n) is 13.4. The number of hydrogen-bond acceptors (Lipinski definition) is 3. The van der Waals surface area contributed by atoms with Gasteiger partial charge in [0.15, 0.2) is 0 Å². The number of carbonyl (C=O) groups is 2. The van der Waals surface area contributed by atoms with Gasteiger partial charge in [0.2, 0.25) is 0 Å². The summed E-state index contributed by atoms with van der Waals surface area (Å²) >= 11 is 11.8. The molecule has 3 rings (SSSR count). The lowest BCUT2D eigenvalue weighted by Gasteiger charge is -2.05. The number of nitrogens with one attached hydrogen (secondary N) is 2. The minimum absolute atomic E-state index is 0.385. The fraction of sp³-hybridized carbons (Fsp3) is 0. The molecule has 0 radical (unpaired) electrons. The van der Waals surface area contributed by atoms with Crippen LogP contribution < -0.4 is 10.7 Å². The summed E-state index contributed by atoms with van der Waals surface area (Å²) in [6.45, 7) is 0. The smallest absolute Gasteiger partial charge is 0.318 e. The second kappa shape index (κ2) is 7.99. The number of fused-ring (bicyclic) bond motifs is 1. The van der Waals surface area contributed by atoms with E-state index < -0.39 is 11.8 Å². The maximum atomic E-state index is 12.0. The fourth-order valence-corrected chi connectivity index (χ4v) is 2.73. The lowest BCUT2D eigenvalue weighted by molar-refractivity contribution is -0.136. The van der Waals surface area contributed by atoms with Crippen molar-refractivity contribution >= 4 is 57.7 Å². The van der Waals surface area contributed by atoms with Crippen molar-refractivity contribution in [1.29, 1.82) is 0 Å². The summed E-state index contributed by atoms with van der Waals surface area (Å²) in [5, 5.41) is 9.14. The first-order valence-electron chi connectivity index (χ1n) is 7.61. The number of halogens is 2. The third-order valence-electron chi connectivity index (χ3n) is 3.55. The third-order valence-corrected chi connectivity index (χ3v) is 4.11. The van der Waals surface area contributed by atoms with Crippen LogP contribution in [0.5, 0.6) is 0 Å². The second-order valence-corrected chi connectivity index (χ2v) is 6.22. The van der Waals surface area contributed by atoms with Crippen LogP contribution in [0, 0.1) is 0 Å². The average Bonchev–Trinajstić information content (AvgIpc) is 2.63. The van der Waals surface area contributed by atoms with E-state index in [0.717, 1.165) is 10.8 Å². The van der Waals surface area contributed by atoms with Crippen molar-refractivity contribution in [2.45, 2.75) is 0 Å². The summed E-state index contributed by atoms with van der Waals surface area (Å²) in [5.74, 6) is -1.71. The third kappa shape index (κ3) is 4.39. The molecule has 0 aliphatic carbocycles. The summed E-state index contributed by atoms with van der Waals surface area (Å²) in [6.07, 6.45) is 1.33. The van der Waals surface area contributed by atoms with Crippen LogP contribution in [-0.2, 0) is 9.59 Å².